The smallest absolute Gasteiger partial charge is 0.233 e. The van der Waals surface area contributed by atoms with E-state index >= 15 is 0 Å². The Morgan fingerprint density at radius 1 is 1.33 bits per heavy atom. The van der Waals surface area contributed by atoms with Crippen LogP contribution >= 0.6 is 12.6 Å². The molecule has 3 nitrogen and oxygen atoms in total. The van der Waals surface area contributed by atoms with E-state index in [0.717, 1.165) is 5.56 Å². The second-order valence-corrected chi connectivity index (χ2v) is 5.37. The lowest BCUT2D eigenvalue weighted by Crippen LogP contribution is -2.45. The summed E-state index contributed by atoms with van der Waals surface area (Å²) in [7, 11) is 0. The molecule has 2 unspecified atom stereocenters. The van der Waals surface area contributed by atoms with Crippen molar-refractivity contribution in [3.8, 4) is 0 Å². The molecule has 4 heteroatoms. The first-order valence-electron chi connectivity index (χ1n) is 6.17. The van der Waals surface area contributed by atoms with E-state index in [-0.39, 0.29) is 29.7 Å². The van der Waals surface area contributed by atoms with Crippen LogP contribution in [0.15, 0.2) is 30.3 Å². The molecule has 0 fully saturated rings. The van der Waals surface area contributed by atoms with Crippen LogP contribution in [0.4, 0.5) is 0 Å². The van der Waals surface area contributed by atoms with Crippen molar-refractivity contribution in [2.75, 3.05) is 6.61 Å². The van der Waals surface area contributed by atoms with Gasteiger partial charge >= 0.3 is 0 Å². The van der Waals surface area contributed by atoms with Gasteiger partial charge in [-0.25, -0.2) is 0 Å². The molecule has 0 aliphatic carbocycles. The van der Waals surface area contributed by atoms with Gasteiger partial charge in [-0.3, -0.25) is 4.79 Å². The average Bonchev–Trinajstić information content (AvgIpc) is 2.36. The molecule has 0 aromatic heterocycles. The van der Waals surface area contributed by atoms with Crippen molar-refractivity contribution in [1.29, 1.82) is 0 Å². The molecule has 0 saturated carbocycles. The monoisotopic (exact) mass is 267 g/mol. The summed E-state index contributed by atoms with van der Waals surface area (Å²) in [5.41, 5.74) is 1.08. The van der Waals surface area contributed by atoms with E-state index in [9.17, 15) is 9.90 Å². The Hall–Kier alpha value is -1.00. The quantitative estimate of drug-likeness (QED) is 0.687. The number of hydrogen-bond donors (Lipinski definition) is 3. The maximum absolute atomic E-state index is 11.9. The molecule has 2 N–H and O–H groups in total. The first-order chi connectivity index (χ1) is 8.54. The minimum atomic E-state index is -0.389. The first kappa shape index (κ1) is 15.1. The van der Waals surface area contributed by atoms with Crippen LogP contribution in [0.25, 0.3) is 0 Å². The van der Waals surface area contributed by atoms with Crippen molar-refractivity contribution in [1.82, 2.24) is 5.32 Å². The fraction of sp³-hybridized carbons (Fsp3) is 0.500. The number of thiol groups is 1. The molecule has 2 atom stereocenters. The Bertz CT molecular complexity index is 367. The molecule has 0 radical (unpaired) electrons. The maximum atomic E-state index is 11.9. The molecule has 0 spiro atoms. The molecule has 0 saturated heterocycles. The van der Waals surface area contributed by atoms with Crippen LogP contribution in [-0.4, -0.2) is 28.9 Å². The zero-order chi connectivity index (χ0) is 13.5. The van der Waals surface area contributed by atoms with Crippen molar-refractivity contribution in [2.45, 2.75) is 31.6 Å². The van der Waals surface area contributed by atoms with Crippen LogP contribution in [0, 0.1) is 5.92 Å². The molecule has 1 rings (SSSR count). The summed E-state index contributed by atoms with van der Waals surface area (Å²) < 4.78 is 0. The Morgan fingerprint density at radius 3 is 2.44 bits per heavy atom. The molecule has 0 heterocycles. The Labute approximate surface area is 114 Å². The van der Waals surface area contributed by atoms with E-state index in [1.807, 2.05) is 44.2 Å². The van der Waals surface area contributed by atoms with Gasteiger partial charge < -0.3 is 10.4 Å². The minimum absolute atomic E-state index is 0.0464. The SMILES string of the molecule is CC(C)C(CO)NC(=O)C(S)Cc1ccccc1. The third-order valence-corrected chi connectivity index (χ3v) is 3.32. The number of nitrogens with one attached hydrogen (secondary N) is 1. The molecule has 1 aromatic carbocycles. The summed E-state index contributed by atoms with van der Waals surface area (Å²) in [6.07, 6.45) is 0.589. The minimum Gasteiger partial charge on any atom is -0.394 e. The summed E-state index contributed by atoms with van der Waals surface area (Å²) in [5, 5.41) is 11.6. The molecular weight excluding hydrogens is 246 g/mol. The van der Waals surface area contributed by atoms with Crippen LogP contribution in [0.5, 0.6) is 0 Å². The number of amides is 1. The highest BCUT2D eigenvalue weighted by Crippen LogP contribution is 2.09. The zero-order valence-electron chi connectivity index (χ0n) is 10.8. The molecule has 0 bridgehead atoms. The standard InChI is InChI=1S/C14H21NO2S/c1-10(2)12(9-16)15-14(17)13(18)8-11-6-4-3-5-7-11/h3-7,10,12-13,16,18H,8-9H2,1-2H3,(H,15,17). The summed E-state index contributed by atoms with van der Waals surface area (Å²) in [5.74, 6) is 0.0751. The van der Waals surface area contributed by atoms with Crippen molar-refractivity contribution in [2.24, 2.45) is 5.92 Å². The normalized spacial score (nSPS) is 14.3. The van der Waals surface area contributed by atoms with Gasteiger partial charge in [-0.05, 0) is 17.9 Å². The second kappa shape index (κ2) is 7.44. The van der Waals surface area contributed by atoms with Gasteiger partial charge in [0, 0.05) is 0 Å². The lowest BCUT2D eigenvalue weighted by atomic mass is 10.0. The largest absolute Gasteiger partial charge is 0.394 e. The number of aliphatic hydroxyl groups is 1. The fourth-order valence-corrected chi connectivity index (χ4v) is 1.92. The van der Waals surface area contributed by atoms with Gasteiger partial charge in [-0.1, -0.05) is 44.2 Å². The van der Waals surface area contributed by atoms with Gasteiger partial charge in [0.25, 0.3) is 0 Å². The maximum Gasteiger partial charge on any atom is 0.233 e. The van der Waals surface area contributed by atoms with E-state index in [0.29, 0.717) is 6.42 Å². The van der Waals surface area contributed by atoms with Crippen LogP contribution in [0.3, 0.4) is 0 Å². The summed E-state index contributed by atoms with van der Waals surface area (Å²) >= 11 is 4.32. The van der Waals surface area contributed by atoms with Gasteiger partial charge in [-0.15, -0.1) is 0 Å². The lowest BCUT2D eigenvalue weighted by Gasteiger charge is -2.22. The van der Waals surface area contributed by atoms with Crippen molar-refractivity contribution in [3.05, 3.63) is 35.9 Å². The Kier molecular flexibility index (Phi) is 6.22. The number of rotatable bonds is 6. The van der Waals surface area contributed by atoms with Gasteiger partial charge in [0.15, 0.2) is 0 Å². The zero-order valence-corrected chi connectivity index (χ0v) is 11.7. The number of aliphatic hydroxyl groups excluding tert-OH is 1. The lowest BCUT2D eigenvalue weighted by molar-refractivity contribution is -0.121. The Balaban J connectivity index is 2.51. The van der Waals surface area contributed by atoms with Gasteiger partial charge in [-0.2, -0.15) is 12.6 Å². The second-order valence-electron chi connectivity index (χ2n) is 4.75. The number of carbonyl (C=O) groups excluding carboxylic acids is 1. The van der Waals surface area contributed by atoms with E-state index in [2.05, 4.69) is 17.9 Å². The van der Waals surface area contributed by atoms with Crippen LogP contribution in [-0.2, 0) is 11.2 Å². The van der Waals surface area contributed by atoms with E-state index in [4.69, 9.17) is 0 Å². The fourth-order valence-electron chi connectivity index (χ4n) is 1.63. The molecule has 18 heavy (non-hydrogen) atoms. The van der Waals surface area contributed by atoms with Crippen molar-refractivity contribution >= 4 is 18.5 Å². The molecule has 1 aromatic rings. The van der Waals surface area contributed by atoms with Crippen LogP contribution < -0.4 is 5.32 Å². The highest BCUT2D eigenvalue weighted by molar-refractivity contribution is 7.81. The van der Waals surface area contributed by atoms with E-state index in [1.165, 1.54) is 0 Å². The molecule has 1 amide bonds. The molecule has 100 valence electrons. The van der Waals surface area contributed by atoms with E-state index in [1.54, 1.807) is 0 Å². The topological polar surface area (TPSA) is 49.3 Å². The number of hydrogen-bond acceptors (Lipinski definition) is 3. The van der Waals surface area contributed by atoms with Crippen molar-refractivity contribution in [3.63, 3.8) is 0 Å². The molecular formula is C14H21NO2S. The first-order valence-corrected chi connectivity index (χ1v) is 6.69. The highest BCUT2D eigenvalue weighted by atomic mass is 32.1. The highest BCUT2D eigenvalue weighted by Gasteiger charge is 2.20. The molecule has 0 aliphatic rings. The van der Waals surface area contributed by atoms with Gasteiger partial charge in [0.05, 0.1) is 17.9 Å². The third-order valence-electron chi connectivity index (χ3n) is 2.90. The average molecular weight is 267 g/mol. The Morgan fingerprint density at radius 2 is 1.94 bits per heavy atom. The summed E-state index contributed by atoms with van der Waals surface area (Å²) in [6.45, 7) is 3.88. The predicted octanol–water partition coefficient (Wildman–Crippen LogP) is 1.66. The predicted molar refractivity (Wildman–Crippen MR) is 76.8 cm³/mol. The van der Waals surface area contributed by atoms with Crippen molar-refractivity contribution < 1.29 is 9.90 Å². The van der Waals surface area contributed by atoms with Crippen LogP contribution in [0.1, 0.15) is 19.4 Å². The number of benzene rings is 1. The molecule has 0 aliphatic heterocycles. The van der Waals surface area contributed by atoms with E-state index < -0.39 is 0 Å². The van der Waals surface area contributed by atoms with Crippen LogP contribution in [0.2, 0.25) is 0 Å². The third kappa shape index (κ3) is 4.70. The summed E-state index contributed by atoms with van der Waals surface area (Å²) in [6, 6.07) is 9.57. The summed E-state index contributed by atoms with van der Waals surface area (Å²) in [4.78, 5) is 11.9. The number of carbonyl (C=O) groups is 1. The van der Waals surface area contributed by atoms with Gasteiger partial charge in [0.1, 0.15) is 0 Å². The van der Waals surface area contributed by atoms with Gasteiger partial charge in [0.2, 0.25) is 5.91 Å².